The topological polar surface area (TPSA) is 95.9 Å². The van der Waals surface area contributed by atoms with Crippen molar-refractivity contribution in [3.8, 4) is 0 Å². The molecule has 0 bridgehead atoms. The lowest BCUT2D eigenvalue weighted by Crippen LogP contribution is -2.45. The Morgan fingerprint density at radius 2 is 0.850 bits per heavy atom. The number of carbonyl (C=O) groups is 2. The van der Waals surface area contributed by atoms with Crippen LogP contribution < -0.4 is 5.32 Å². The lowest BCUT2D eigenvalue weighted by molar-refractivity contribution is -0.143. The van der Waals surface area contributed by atoms with Crippen LogP contribution in [0.2, 0.25) is 0 Å². The molecule has 0 aliphatic heterocycles. The van der Waals surface area contributed by atoms with Crippen LogP contribution in [0.3, 0.4) is 0 Å². The third-order valence-corrected chi connectivity index (χ3v) is 11.6. The van der Waals surface area contributed by atoms with Crippen molar-refractivity contribution in [1.29, 1.82) is 0 Å². The minimum absolute atomic E-state index is 0.00578. The molecule has 3 N–H and O–H groups in total. The van der Waals surface area contributed by atoms with Crippen LogP contribution in [0.5, 0.6) is 0 Å². The van der Waals surface area contributed by atoms with Crippen molar-refractivity contribution < 1.29 is 24.5 Å². The third-order valence-electron chi connectivity index (χ3n) is 11.6. The first kappa shape index (κ1) is 57.8. The van der Waals surface area contributed by atoms with Gasteiger partial charge in [-0.1, -0.05) is 210 Å². The summed E-state index contributed by atoms with van der Waals surface area (Å²) in [4.78, 5) is 24.3. The summed E-state index contributed by atoms with van der Waals surface area (Å²) in [7, 11) is 0. The second-order valence-electron chi connectivity index (χ2n) is 17.5. The maximum Gasteiger partial charge on any atom is 0.305 e. The van der Waals surface area contributed by atoms with E-state index in [1.807, 2.05) is 6.08 Å². The van der Waals surface area contributed by atoms with Crippen molar-refractivity contribution in [2.24, 2.45) is 0 Å². The highest BCUT2D eigenvalue weighted by atomic mass is 16.5. The largest absolute Gasteiger partial charge is 0.466 e. The second-order valence-corrected chi connectivity index (χ2v) is 17.5. The molecule has 0 spiro atoms. The van der Waals surface area contributed by atoms with Gasteiger partial charge in [0.2, 0.25) is 5.91 Å². The SMILES string of the molecule is CCCC/C=C\CCCCCCCC(=O)OCCCCCCCCCCC/C=C\C/C=C\CCCCCCCCCC(=O)NC(CO)C(O)/C=C/CCCCCCCCC. The molecule has 0 aliphatic rings. The fourth-order valence-electron chi connectivity index (χ4n) is 7.52. The van der Waals surface area contributed by atoms with Crippen LogP contribution in [0.25, 0.3) is 0 Å². The summed E-state index contributed by atoms with van der Waals surface area (Å²) in [6.07, 6.45) is 61.3. The van der Waals surface area contributed by atoms with Crippen LogP contribution in [0.15, 0.2) is 48.6 Å². The van der Waals surface area contributed by atoms with Gasteiger partial charge in [-0.05, 0) is 83.5 Å². The summed E-state index contributed by atoms with van der Waals surface area (Å²) in [6.45, 7) is 4.81. The van der Waals surface area contributed by atoms with Crippen LogP contribution in [0.1, 0.15) is 258 Å². The molecule has 350 valence electrons. The van der Waals surface area contributed by atoms with Crippen LogP contribution in [-0.2, 0) is 14.3 Å². The van der Waals surface area contributed by atoms with Gasteiger partial charge in [-0.3, -0.25) is 9.59 Å². The molecule has 60 heavy (non-hydrogen) atoms. The van der Waals surface area contributed by atoms with Gasteiger partial charge >= 0.3 is 5.97 Å². The molecule has 0 aromatic heterocycles. The van der Waals surface area contributed by atoms with Crippen molar-refractivity contribution in [2.75, 3.05) is 13.2 Å². The van der Waals surface area contributed by atoms with E-state index >= 15 is 0 Å². The quantitative estimate of drug-likeness (QED) is 0.0322. The summed E-state index contributed by atoms with van der Waals surface area (Å²) < 4.78 is 5.44. The Kier molecular flexibility index (Phi) is 47.7. The number of carbonyl (C=O) groups excluding carboxylic acids is 2. The number of amides is 1. The predicted molar refractivity (Wildman–Crippen MR) is 259 cm³/mol. The Balaban J connectivity index is 3.47. The second kappa shape index (κ2) is 49.5. The van der Waals surface area contributed by atoms with E-state index in [2.05, 4.69) is 55.6 Å². The molecule has 0 radical (unpaired) electrons. The van der Waals surface area contributed by atoms with Crippen molar-refractivity contribution >= 4 is 11.9 Å². The molecule has 0 rings (SSSR count). The summed E-state index contributed by atoms with van der Waals surface area (Å²) in [6, 6.07) is -0.634. The van der Waals surface area contributed by atoms with Crippen LogP contribution in [-0.4, -0.2) is 47.4 Å². The molecule has 1 amide bonds. The molecule has 6 heteroatoms. The van der Waals surface area contributed by atoms with E-state index in [0.29, 0.717) is 19.4 Å². The van der Waals surface area contributed by atoms with Gasteiger partial charge < -0.3 is 20.3 Å². The number of rotatable bonds is 47. The van der Waals surface area contributed by atoms with E-state index in [1.165, 1.54) is 167 Å². The molecule has 0 aliphatic carbocycles. The molecule has 0 aromatic carbocycles. The van der Waals surface area contributed by atoms with Crippen LogP contribution in [0, 0.1) is 0 Å². The van der Waals surface area contributed by atoms with E-state index in [-0.39, 0.29) is 18.5 Å². The van der Waals surface area contributed by atoms with E-state index in [4.69, 9.17) is 4.74 Å². The standard InChI is InChI=1S/C54H99NO5/c1-3-5-7-9-11-13-27-32-36-40-44-48-54(59)60-49-45-41-37-33-29-26-24-22-20-18-16-14-15-17-19-21-23-25-28-31-35-39-43-47-53(58)55-51(50-56)52(57)46-42-38-34-30-12-10-8-6-4-2/h9,11,14,16-17,19,42,46,51-52,56-57H,3-8,10,12-13,15,18,20-41,43-45,47-50H2,1-2H3,(H,55,58)/b11-9-,16-14-,19-17-,46-42+. The average molecular weight is 842 g/mol. The van der Waals surface area contributed by atoms with E-state index in [1.54, 1.807) is 6.08 Å². The van der Waals surface area contributed by atoms with Gasteiger partial charge in [0.1, 0.15) is 0 Å². The van der Waals surface area contributed by atoms with Gasteiger partial charge in [0.15, 0.2) is 0 Å². The van der Waals surface area contributed by atoms with Gasteiger partial charge in [-0.25, -0.2) is 0 Å². The Labute approximate surface area is 372 Å². The van der Waals surface area contributed by atoms with Crippen LogP contribution >= 0.6 is 0 Å². The van der Waals surface area contributed by atoms with Crippen molar-refractivity contribution in [3.05, 3.63) is 48.6 Å². The fourth-order valence-corrected chi connectivity index (χ4v) is 7.52. The number of hydrogen-bond donors (Lipinski definition) is 3. The summed E-state index contributed by atoms with van der Waals surface area (Å²) >= 11 is 0. The molecular weight excluding hydrogens is 743 g/mol. The van der Waals surface area contributed by atoms with Gasteiger partial charge in [0.25, 0.3) is 0 Å². The number of unbranched alkanes of at least 4 members (excludes halogenated alkanes) is 30. The molecule has 2 atom stereocenters. The van der Waals surface area contributed by atoms with Gasteiger partial charge in [0.05, 0.1) is 25.4 Å². The number of aliphatic hydroxyl groups excluding tert-OH is 2. The number of nitrogens with one attached hydrogen (secondary N) is 1. The molecule has 0 saturated heterocycles. The Bertz CT molecular complexity index is 1020. The first-order valence-corrected chi connectivity index (χ1v) is 25.9. The van der Waals surface area contributed by atoms with E-state index in [0.717, 1.165) is 64.2 Å². The van der Waals surface area contributed by atoms with Crippen molar-refractivity contribution in [1.82, 2.24) is 5.32 Å². The Hall–Kier alpha value is -2.18. The highest BCUT2D eigenvalue weighted by Gasteiger charge is 2.18. The monoisotopic (exact) mass is 842 g/mol. The zero-order valence-electron chi connectivity index (χ0n) is 39.7. The Morgan fingerprint density at radius 1 is 0.467 bits per heavy atom. The zero-order valence-corrected chi connectivity index (χ0v) is 39.7. The first-order valence-electron chi connectivity index (χ1n) is 25.9. The summed E-state index contributed by atoms with van der Waals surface area (Å²) in [5, 5.41) is 22.9. The smallest absolute Gasteiger partial charge is 0.305 e. The molecule has 2 unspecified atom stereocenters. The van der Waals surface area contributed by atoms with E-state index < -0.39 is 12.1 Å². The Morgan fingerprint density at radius 3 is 1.33 bits per heavy atom. The minimum atomic E-state index is -0.849. The molecule has 0 aromatic rings. The highest BCUT2D eigenvalue weighted by Crippen LogP contribution is 2.14. The number of ether oxygens (including phenoxy) is 1. The van der Waals surface area contributed by atoms with Gasteiger partial charge in [-0.15, -0.1) is 0 Å². The minimum Gasteiger partial charge on any atom is -0.466 e. The lowest BCUT2D eigenvalue weighted by Gasteiger charge is -2.20. The fraction of sp³-hybridized carbons (Fsp3) is 0.815. The lowest BCUT2D eigenvalue weighted by atomic mass is 10.1. The number of esters is 1. The molecular formula is C54H99NO5. The van der Waals surface area contributed by atoms with Crippen molar-refractivity contribution in [3.63, 3.8) is 0 Å². The maximum absolute atomic E-state index is 12.4. The van der Waals surface area contributed by atoms with Crippen molar-refractivity contribution in [2.45, 2.75) is 270 Å². The number of hydrogen-bond acceptors (Lipinski definition) is 5. The molecule has 0 heterocycles. The normalized spacial score (nSPS) is 13.1. The zero-order chi connectivity index (χ0) is 43.7. The first-order chi connectivity index (χ1) is 29.5. The molecule has 6 nitrogen and oxygen atoms in total. The third kappa shape index (κ3) is 45.3. The van der Waals surface area contributed by atoms with E-state index in [9.17, 15) is 19.8 Å². The summed E-state index contributed by atoms with van der Waals surface area (Å²) in [5.41, 5.74) is 0. The van der Waals surface area contributed by atoms with Gasteiger partial charge in [0, 0.05) is 12.8 Å². The number of allylic oxidation sites excluding steroid dienone is 7. The predicted octanol–water partition coefficient (Wildman–Crippen LogP) is 15.5. The molecule has 0 saturated carbocycles. The summed E-state index contributed by atoms with van der Waals surface area (Å²) in [5.74, 6) is -0.0884. The van der Waals surface area contributed by atoms with Crippen LogP contribution in [0.4, 0.5) is 0 Å². The number of aliphatic hydroxyl groups is 2. The van der Waals surface area contributed by atoms with Gasteiger partial charge in [-0.2, -0.15) is 0 Å². The maximum atomic E-state index is 12.4. The highest BCUT2D eigenvalue weighted by molar-refractivity contribution is 5.76. The average Bonchev–Trinajstić information content (AvgIpc) is 3.25. The molecule has 0 fully saturated rings.